The minimum absolute atomic E-state index is 0.0310. The SMILES string of the molecule is CCC1OCC1CCC(CCCC(=O)O)(CCC1COC1CC)C(=O)O. The minimum Gasteiger partial charge on any atom is -0.481 e. The Labute approximate surface area is 156 Å². The Morgan fingerprint density at radius 2 is 1.42 bits per heavy atom. The molecule has 26 heavy (non-hydrogen) atoms. The van der Waals surface area contributed by atoms with E-state index in [1.807, 2.05) is 0 Å². The molecule has 4 unspecified atom stereocenters. The molecule has 2 aliphatic rings. The van der Waals surface area contributed by atoms with Crippen molar-refractivity contribution in [2.45, 2.75) is 83.8 Å². The van der Waals surface area contributed by atoms with Crippen LogP contribution >= 0.6 is 0 Å². The average Bonchev–Trinajstić information content (AvgIpc) is 2.52. The summed E-state index contributed by atoms with van der Waals surface area (Å²) >= 11 is 0. The molecule has 2 N–H and O–H groups in total. The van der Waals surface area contributed by atoms with Crippen LogP contribution in [-0.2, 0) is 19.1 Å². The molecule has 0 aliphatic carbocycles. The molecule has 2 aliphatic heterocycles. The first-order chi connectivity index (χ1) is 12.4. The number of carboxylic acid groups (broad SMARTS) is 2. The number of carbonyl (C=O) groups is 2. The second-order valence-corrected chi connectivity index (χ2v) is 7.99. The smallest absolute Gasteiger partial charge is 0.309 e. The van der Waals surface area contributed by atoms with E-state index in [0.717, 1.165) is 38.9 Å². The average molecular weight is 370 g/mol. The van der Waals surface area contributed by atoms with Crippen LogP contribution in [0.15, 0.2) is 0 Å². The Morgan fingerprint density at radius 1 is 0.923 bits per heavy atom. The summed E-state index contributed by atoms with van der Waals surface area (Å²) in [5.74, 6) is -0.757. The van der Waals surface area contributed by atoms with Crippen molar-refractivity contribution in [2.75, 3.05) is 13.2 Å². The summed E-state index contributed by atoms with van der Waals surface area (Å²) in [6.45, 7) is 5.63. The quantitative estimate of drug-likeness (QED) is 0.513. The van der Waals surface area contributed by atoms with E-state index in [-0.39, 0.29) is 18.6 Å². The maximum Gasteiger partial charge on any atom is 0.309 e. The van der Waals surface area contributed by atoms with Crippen molar-refractivity contribution in [3.63, 3.8) is 0 Å². The van der Waals surface area contributed by atoms with E-state index in [4.69, 9.17) is 14.6 Å². The summed E-state index contributed by atoms with van der Waals surface area (Å²) in [4.78, 5) is 23.1. The van der Waals surface area contributed by atoms with E-state index < -0.39 is 17.4 Å². The molecule has 0 saturated carbocycles. The Bertz CT molecular complexity index is 449. The largest absolute Gasteiger partial charge is 0.481 e. The molecule has 2 saturated heterocycles. The predicted molar refractivity (Wildman–Crippen MR) is 97.1 cm³/mol. The van der Waals surface area contributed by atoms with E-state index >= 15 is 0 Å². The fourth-order valence-corrected chi connectivity index (χ4v) is 4.37. The lowest BCUT2D eigenvalue weighted by Gasteiger charge is -2.41. The Kier molecular flexibility index (Phi) is 7.89. The van der Waals surface area contributed by atoms with Gasteiger partial charge in [-0.1, -0.05) is 13.8 Å². The standard InChI is InChI=1S/C20H34O6/c1-3-16-14(12-25-16)7-10-20(19(23)24,9-5-6-18(21)22)11-8-15-13-26-17(15)4-2/h14-17H,3-13H2,1-2H3,(H,21,22)(H,23,24). The molecule has 150 valence electrons. The molecule has 0 radical (unpaired) electrons. The van der Waals surface area contributed by atoms with Gasteiger partial charge in [0.15, 0.2) is 0 Å². The lowest BCUT2D eigenvalue weighted by atomic mass is 9.71. The van der Waals surface area contributed by atoms with Crippen molar-refractivity contribution >= 4 is 11.9 Å². The van der Waals surface area contributed by atoms with E-state index in [0.29, 0.717) is 37.5 Å². The topological polar surface area (TPSA) is 93.1 Å². The van der Waals surface area contributed by atoms with Gasteiger partial charge in [-0.2, -0.15) is 0 Å². The van der Waals surface area contributed by atoms with Crippen molar-refractivity contribution < 1.29 is 29.3 Å². The van der Waals surface area contributed by atoms with Gasteiger partial charge in [0.05, 0.1) is 30.8 Å². The molecule has 0 aromatic heterocycles. The zero-order chi connectivity index (χ0) is 19.2. The number of ether oxygens (including phenoxy) is 2. The molecule has 0 bridgehead atoms. The fourth-order valence-electron chi connectivity index (χ4n) is 4.37. The molecular formula is C20H34O6. The fraction of sp³-hybridized carbons (Fsp3) is 0.900. The predicted octanol–water partition coefficient (Wildman–Crippen LogP) is 3.72. The van der Waals surface area contributed by atoms with Crippen LogP contribution in [0, 0.1) is 17.3 Å². The molecule has 0 aromatic carbocycles. The number of hydrogen-bond acceptors (Lipinski definition) is 4. The number of rotatable bonds is 13. The molecule has 4 atom stereocenters. The highest BCUT2D eigenvalue weighted by Crippen LogP contribution is 2.42. The van der Waals surface area contributed by atoms with Crippen LogP contribution in [0.4, 0.5) is 0 Å². The second-order valence-electron chi connectivity index (χ2n) is 7.99. The van der Waals surface area contributed by atoms with Gasteiger partial charge in [-0.15, -0.1) is 0 Å². The van der Waals surface area contributed by atoms with Crippen LogP contribution in [0.25, 0.3) is 0 Å². The number of aliphatic carboxylic acids is 2. The van der Waals surface area contributed by atoms with Crippen molar-refractivity contribution in [1.29, 1.82) is 0 Å². The summed E-state index contributed by atoms with van der Waals surface area (Å²) in [7, 11) is 0. The second kappa shape index (κ2) is 9.70. The summed E-state index contributed by atoms with van der Waals surface area (Å²) in [6, 6.07) is 0. The zero-order valence-electron chi connectivity index (χ0n) is 16.1. The highest BCUT2D eigenvalue weighted by Gasteiger charge is 2.42. The molecule has 6 heteroatoms. The van der Waals surface area contributed by atoms with Gasteiger partial charge in [0.25, 0.3) is 0 Å². The molecule has 0 spiro atoms. The molecule has 2 heterocycles. The van der Waals surface area contributed by atoms with Crippen LogP contribution in [0.1, 0.15) is 71.6 Å². The molecule has 6 nitrogen and oxygen atoms in total. The molecule has 0 amide bonds. The van der Waals surface area contributed by atoms with Crippen LogP contribution in [0.5, 0.6) is 0 Å². The molecule has 0 aromatic rings. The van der Waals surface area contributed by atoms with Crippen molar-refractivity contribution in [3.05, 3.63) is 0 Å². The van der Waals surface area contributed by atoms with Gasteiger partial charge in [0.2, 0.25) is 0 Å². The summed E-state index contributed by atoms with van der Waals surface area (Å²) in [5.41, 5.74) is -0.822. The Hall–Kier alpha value is -1.14. The van der Waals surface area contributed by atoms with Gasteiger partial charge in [-0.25, -0.2) is 0 Å². The van der Waals surface area contributed by atoms with E-state index in [1.54, 1.807) is 0 Å². The van der Waals surface area contributed by atoms with Crippen molar-refractivity contribution in [2.24, 2.45) is 17.3 Å². The lowest BCUT2D eigenvalue weighted by Crippen LogP contribution is -2.43. The van der Waals surface area contributed by atoms with E-state index in [2.05, 4.69) is 13.8 Å². The molecular weight excluding hydrogens is 336 g/mol. The lowest BCUT2D eigenvalue weighted by molar-refractivity contribution is -0.157. The highest BCUT2D eigenvalue weighted by molar-refractivity contribution is 5.74. The maximum atomic E-state index is 12.2. The van der Waals surface area contributed by atoms with Gasteiger partial charge >= 0.3 is 11.9 Å². The highest BCUT2D eigenvalue weighted by atomic mass is 16.5. The summed E-state index contributed by atoms with van der Waals surface area (Å²) in [5, 5.41) is 19.0. The Morgan fingerprint density at radius 3 is 1.73 bits per heavy atom. The van der Waals surface area contributed by atoms with Gasteiger partial charge < -0.3 is 19.7 Å². The third-order valence-corrected chi connectivity index (χ3v) is 6.39. The molecule has 2 rings (SSSR count). The van der Waals surface area contributed by atoms with E-state index in [9.17, 15) is 14.7 Å². The molecule has 2 fully saturated rings. The first-order valence-electron chi connectivity index (χ1n) is 10.1. The van der Waals surface area contributed by atoms with Gasteiger partial charge in [-0.05, 0) is 51.4 Å². The van der Waals surface area contributed by atoms with Gasteiger partial charge in [-0.3, -0.25) is 9.59 Å². The van der Waals surface area contributed by atoms with Crippen LogP contribution < -0.4 is 0 Å². The normalized spacial score (nSPS) is 30.1. The minimum atomic E-state index is -0.860. The summed E-state index contributed by atoms with van der Waals surface area (Å²) < 4.78 is 11.1. The van der Waals surface area contributed by atoms with Gasteiger partial charge in [0.1, 0.15) is 0 Å². The van der Waals surface area contributed by atoms with Crippen LogP contribution in [-0.4, -0.2) is 47.6 Å². The zero-order valence-corrected chi connectivity index (χ0v) is 16.1. The van der Waals surface area contributed by atoms with E-state index in [1.165, 1.54) is 0 Å². The third-order valence-electron chi connectivity index (χ3n) is 6.39. The maximum absolute atomic E-state index is 12.2. The van der Waals surface area contributed by atoms with Crippen LogP contribution in [0.3, 0.4) is 0 Å². The van der Waals surface area contributed by atoms with Crippen LogP contribution in [0.2, 0.25) is 0 Å². The monoisotopic (exact) mass is 370 g/mol. The van der Waals surface area contributed by atoms with Crippen molar-refractivity contribution in [1.82, 2.24) is 0 Å². The number of hydrogen-bond donors (Lipinski definition) is 2. The number of carboxylic acids is 2. The summed E-state index contributed by atoms with van der Waals surface area (Å²) in [6.07, 6.45) is 6.21. The third kappa shape index (κ3) is 5.19. The van der Waals surface area contributed by atoms with Gasteiger partial charge in [0, 0.05) is 18.3 Å². The Balaban J connectivity index is 1.98. The first kappa shape index (κ1) is 21.2. The first-order valence-corrected chi connectivity index (χ1v) is 10.1. The van der Waals surface area contributed by atoms with Crippen molar-refractivity contribution in [3.8, 4) is 0 Å².